The summed E-state index contributed by atoms with van der Waals surface area (Å²) in [7, 11) is 0. The monoisotopic (exact) mass is 344 g/mol. The Kier molecular flexibility index (Phi) is 4.16. The highest BCUT2D eigenvalue weighted by molar-refractivity contribution is 5.84. The number of carbonyl (C=O) groups is 1. The van der Waals surface area contributed by atoms with E-state index in [1.165, 1.54) is 12.1 Å². The Morgan fingerprint density at radius 3 is 2.60 bits per heavy atom. The number of ether oxygens (including phenoxy) is 2. The summed E-state index contributed by atoms with van der Waals surface area (Å²) in [5, 5.41) is 11.4. The molecule has 0 bridgehead atoms. The average molecular weight is 344 g/mol. The van der Waals surface area contributed by atoms with Crippen LogP contribution in [0.15, 0.2) is 45.1 Å². The third kappa shape index (κ3) is 3.17. The van der Waals surface area contributed by atoms with E-state index in [1.54, 1.807) is 45.9 Å². The first-order valence-corrected chi connectivity index (χ1v) is 7.98. The first-order chi connectivity index (χ1) is 11.7. The van der Waals surface area contributed by atoms with E-state index in [2.05, 4.69) is 0 Å². The van der Waals surface area contributed by atoms with E-state index in [0.717, 1.165) is 5.57 Å². The van der Waals surface area contributed by atoms with Crippen LogP contribution >= 0.6 is 0 Å². The lowest BCUT2D eigenvalue weighted by molar-refractivity contribution is -0.164. The summed E-state index contributed by atoms with van der Waals surface area (Å²) in [5.74, 6) is -0.0983. The Morgan fingerprint density at radius 2 is 1.92 bits per heavy atom. The second kappa shape index (κ2) is 6.04. The van der Waals surface area contributed by atoms with Gasteiger partial charge < -0.3 is 19.0 Å². The molecule has 2 heterocycles. The van der Waals surface area contributed by atoms with E-state index in [9.17, 15) is 14.7 Å². The molecule has 0 amide bonds. The predicted molar refractivity (Wildman–Crippen MR) is 91.5 cm³/mol. The van der Waals surface area contributed by atoms with Crippen molar-refractivity contribution >= 4 is 16.9 Å². The number of esters is 1. The molecule has 132 valence electrons. The fraction of sp³-hybridized carbons (Fsp3) is 0.368. The fourth-order valence-electron chi connectivity index (χ4n) is 2.98. The van der Waals surface area contributed by atoms with Crippen molar-refractivity contribution in [1.82, 2.24) is 0 Å². The minimum Gasteiger partial charge on any atom is -0.483 e. The Bertz CT molecular complexity index is 917. The molecule has 0 spiro atoms. The minimum atomic E-state index is -1.10. The van der Waals surface area contributed by atoms with Gasteiger partial charge in [-0.25, -0.2) is 9.59 Å². The molecule has 0 fully saturated rings. The van der Waals surface area contributed by atoms with Gasteiger partial charge in [0.15, 0.2) is 6.10 Å². The molecule has 0 radical (unpaired) electrons. The van der Waals surface area contributed by atoms with Gasteiger partial charge in [-0.15, -0.1) is 0 Å². The molecule has 2 aromatic rings. The van der Waals surface area contributed by atoms with Gasteiger partial charge in [0, 0.05) is 17.5 Å². The van der Waals surface area contributed by atoms with Crippen molar-refractivity contribution in [3.05, 3.63) is 51.9 Å². The zero-order chi connectivity index (χ0) is 18.4. The van der Waals surface area contributed by atoms with Gasteiger partial charge >= 0.3 is 11.6 Å². The van der Waals surface area contributed by atoms with Crippen LogP contribution in [0.2, 0.25) is 0 Å². The highest BCUT2D eigenvalue weighted by Gasteiger charge is 2.47. The SMILES string of the molecule is CC(C)=CC(=O)OC(C)(C)C1Oc2ccc3ccc(=O)oc3c2C1O. The Hall–Kier alpha value is -2.60. The molecular formula is C19H20O6. The fourth-order valence-corrected chi connectivity index (χ4v) is 2.98. The van der Waals surface area contributed by atoms with Crippen molar-refractivity contribution in [1.29, 1.82) is 0 Å². The molecule has 6 heteroatoms. The summed E-state index contributed by atoms with van der Waals surface area (Å²) >= 11 is 0. The minimum absolute atomic E-state index is 0.284. The summed E-state index contributed by atoms with van der Waals surface area (Å²) in [5.41, 5.74) is -0.114. The number of hydrogen-bond acceptors (Lipinski definition) is 6. The summed E-state index contributed by atoms with van der Waals surface area (Å²) in [6, 6.07) is 6.39. The zero-order valence-corrected chi connectivity index (χ0v) is 14.5. The topological polar surface area (TPSA) is 86.0 Å². The first kappa shape index (κ1) is 17.2. The summed E-state index contributed by atoms with van der Waals surface area (Å²) in [4.78, 5) is 23.5. The lowest BCUT2D eigenvalue weighted by Crippen LogP contribution is -2.45. The van der Waals surface area contributed by atoms with Crippen molar-refractivity contribution in [3.63, 3.8) is 0 Å². The summed E-state index contributed by atoms with van der Waals surface area (Å²) < 4.78 is 16.6. The maximum Gasteiger partial charge on any atom is 0.336 e. The zero-order valence-electron chi connectivity index (χ0n) is 14.5. The van der Waals surface area contributed by atoms with Gasteiger partial charge in [0.25, 0.3) is 0 Å². The van der Waals surface area contributed by atoms with Crippen molar-refractivity contribution < 1.29 is 23.8 Å². The van der Waals surface area contributed by atoms with Gasteiger partial charge in [0.2, 0.25) is 0 Å². The lowest BCUT2D eigenvalue weighted by Gasteiger charge is -2.32. The molecule has 2 atom stereocenters. The van der Waals surface area contributed by atoms with Gasteiger partial charge in [-0.1, -0.05) is 5.57 Å². The molecule has 1 N–H and O–H groups in total. The molecule has 0 saturated heterocycles. The number of aliphatic hydroxyl groups excluding tert-OH is 1. The van der Waals surface area contributed by atoms with E-state index < -0.39 is 29.4 Å². The van der Waals surface area contributed by atoms with Crippen LogP contribution in [-0.4, -0.2) is 22.8 Å². The highest BCUT2D eigenvalue weighted by Crippen LogP contribution is 2.45. The van der Waals surface area contributed by atoms with Crippen LogP contribution in [0.1, 0.15) is 39.4 Å². The van der Waals surface area contributed by atoms with Crippen LogP contribution in [0.3, 0.4) is 0 Å². The van der Waals surface area contributed by atoms with Gasteiger partial charge in [-0.3, -0.25) is 0 Å². The molecule has 1 aromatic heterocycles. The van der Waals surface area contributed by atoms with Crippen molar-refractivity contribution in [3.8, 4) is 5.75 Å². The van der Waals surface area contributed by atoms with Crippen LogP contribution in [0, 0.1) is 0 Å². The van der Waals surface area contributed by atoms with Gasteiger partial charge in [-0.05, 0) is 45.9 Å². The molecular weight excluding hydrogens is 324 g/mol. The summed E-state index contributed by atoms with van der Waals surface area (Å²) in [6.07, 6.45) is -0.545. The average Bonchev–Trinajstić information content (AvgIpc) is 2.84. The van der Waals surface area contributed by atoms with E-state index >= 15 is 0 Å². The highest BCUT2D eigenvalue weighted by atomic mass is 16.6. The maximum absolute atomic E-state index is 12.0. The number of aliphatic hydroxyl groups is 1. The first-order valence-electron chi connectivity index (χ1n) is 7.98. The molecule has 25 heavy (non-hydrogen) atoms. The molecule has 1 aliphatic rings. The Morgan fingerprint density at radius 1 is 1.24 bits per heavy atom. The molecule has 1 aliphatic heterocycles. The third-order valence-corrected chi connectivity index (χ3v) is 4.08. The van der Waals surface area contributed by atoms with E-state index in [4.69, 9.17) is 13.9 Å². The van der Waals surface area contributed by atoms with Crippen LogP contribution in [0.5, 0.6) is 5.75 Å². The molecule has 1 aromatic carbocycles. The number of carbonyl (C=O) groups excluding carboxylic acids is 1. The van der Waals surface area contributed by atoms with Gasteiger partial charge in [0.1, 0.15) is 23.0 Å². The second-order valence-corrected chi connectivity index (χ2v) is 6.88. The number of rotatable bonds is 3. The predicted octanol–water partition coefficient (Wildman–Crippen LogP) is 2.88. The molecule has 0 saturated carbocycles. The number of benzene rings is 1. The van der Waals surface area contributed by atoms with E-state index in [0.29, 0.717) is 16.7 Å². The molecule has 0 aliphatic carbocycles. The van der Waals surface area contributed by atoms with Gasteiger partial charge in [0.05, 0.1) is 5.56 Å². The normalized spacial score (nSPS) is 19.2. The number of fused-ring (bicyclic) bond motifs is 3. The maximum atomic E-state index is 12.0. The van der Waals surface area contributed by atoms with E-state index in [1.807, 2.05) is 0 Å². The van der Waals surface area contributed by atoms with E-state index in [-0.39, 0.29) is 5.58 Å². The smallest absolute Gasteiger partial charge is 0.336 e. The second-order valence-electron chi connectivity index (χ2n) is 6.88. The number of allylic oxidation sites excluding steroid dienone is 1. The van der Waals surface area contributed by atoms with Crippen molar-refractivity contribution in [2.45, 2.75) is 45.5 Å². The van der Waals surface area contributed by atoms with Crippen LogP contribution in [0.4, 0.5) is 0 Å². The summed E-state index contributed by atoms with van der Waals surface area (Å²) in [6.45, 7) is 6.92. The van der Waals surface area contributed by atoms with Crippen LogP contribution < -0.4 is 10.4 Å². The lowest BCUT2D eigenvalue weighted by atomic mass is 9.93. The van der Waals surface area contributed by atoms with Gasteiger partial charge in [-0.2, -0.15) is 0 Å². The van der Waals surface area contributed by atoms with Crippen LogP contribution in [0.25, 0.3) is 11.0 Å². The number of hydrogen-bond donors (Lipinski definition) is 1. The Balaban J connectivity index is 1.97. The standard InChI is InChI=1S/C19H20O6/c1-10(2)9-14(21)25-19(3,4)18-16(22)15-12(23-18)7-5-11-6-8-13(20)24-17(11)15/h5-9,16,18,22H,1-4H3. The van der Waals surface area contributed by atoms with Crippen LogP contribution in [-0.2, 0) is 9.53 Å². The van der Waals surface area contributed by atoms with Crippen molar-refractivity contribution in [2.24, 2.45) is 0 Å². The quantitative estimate of drug-likeness (QED) is 0.523. The molecule has 6 nitrogen and oxygen atoms in total. The van der Waals surface area contributed by atoms with Crippen molar-refractivity contribution in [2.75, 3.05) is 0 Å². The Labute approximate surface area is 144 Å². The molecule has 2 unspecified atom stereocenters. The molecule has 3 rings (SSSR count). The third-order valence-electron chi connectivity index (χ3n) is 4.08. The largest absolute Gasteiger partial charge is 0.483 e.